The van der Waals surface area contributed by atoms with Gasteiger partial charge in [-0.3, -0.25) is 0 Å². The van der Waals surface area contributed by atoms with E-state index in [0.717, 1.165) is 23.6 Å². The second-order valence-electron chi connectivity index (χ2n) is 4.68. The van der Waals surface area contributed by atoms with E-state index in [-0.39, 0.29) is 0 Å². The van der Waals surface area contributed by atoms with E-state index in [1.807, 2.05) is 24.3 Å². The highest BCUT2D eigenvalue weighted by Gasteiger charge is 2.15. The molecule has 0 atom stereocenters. The number of fused-ring (bicyclic) bond motifs is 1. The van der Waals surface area contributed by atoms with Crippen molar-refractivity contribution in [3.05, 3.63) is 64.7 Å². The SMILES string of the molecule is COc1ccc(C2=NNCc3ccc(C)cc32)cc1. The standard InChI is InChI=1S/C16H16N2O/c1-11-3-4-13-10-17-18-16(15(13)9-11)12-5-7-14(19-2)8-6-12/h3-9,17H,10H2,1-2H3. The van der Waals surface area contributed by atoms with Crippen molar-refractivity contribution in [2.75, 3.05) is 7.11 Å². The summed E-state index contributed by atoms with van der Waals surface area (Å²) in [5.41, 5.74) is 8.93. The first kappa shape index (κ1) is 11.8. The molecule has 3 nitrogen and oxygen atoms in total. The largest absolute Gasteiger partial charge is 0.497 e. The zero-order valence-corrected chi connectivity index (χ0v) is 11.1. The Morgan fingerprint density at radius 1 is 1.11 bits per heavy atom. The van der Waals surface area contributed by atoms with Gasteiger partial charge in [-0.05, 0) is 42.8 Å². The lowest BCUT2D eigenvalue weighted by Gasteiger charge is -2.18. The van der Waals surface area contributed by atoms with Crippen LogP contribution in [0.3, 0.4) is 0 Å². The van der Waals surface area contributed by atoms with Gasteiger partial charge in [-0.25, -0.2) is 0 Å². The second-order valence-corrected chi connectivity index (χ2v) is 4.68. The van der Waals surface area contributed by atoms with Crippen molar-refractivity contribution in [2.24, 2.45) is 5.10 Å². The van der Waals surface area contributed by atoms with E-state index in [0.29, 0.717) is 0 Å². The van der Waals surface area contributed by atoms with Crippen LogP contribution >= 0.6 is 0 Å². The lowest BCUT2D eigenvalue weighted by Crippen LogP contribution is -2.21. The van der Waals surface area contributed by atoms with Crippen molar-refractivity contribution in [3.63, 3.8) is 0 Å². The molecule has 0 amide bonds. The Bertz CT molecular complexity index is 630. The third-order valence-corrected chi connectivity index (χ3v) is 3.34. The van der Waals surface area contributed by atoms with E-state index < -0.39 is 0 Å². The van der Waals surface area contributed by atoms with Gasteiger partial charge in [0.15, 0.2) is 0 Å². The molecule has 1 aliphatic rings. The van der Waals surface area contributed by atoms with Crippen LogP contribution in [0.1, 0.15) is 22.3 Å². The first-order chi connectivity index (χ1) is 9.28. The zero-order chi connectivity index (χ0) is 13.2. The van der Waals surface area contributed by atoms with Gasteiger partial charge in [-0.15, -0.1) is 0 Å². The van der Waals surface area contributed by atoms with Gasteiger partial charge in [-0.1, -0.05) is 17.7 Å². The van der Waals surface area contributed by atoms with Gasteiger partial charge < -0.3 is 10.2 Å². The Balaban J connectivity index is 2.05. The average Bonchev–Trinajstić information content (AvgIpc) is 2.47. The number of nitrogens with one attached hydrogen (secondary N) is 1. The topological polar surface area (TPSA) is 33.6 Å². The highest BCUT2D eigenvalue weighted by atomic mass is 16.5. The molecule has 3 heteroatoms. The van der Waals surface area contributed by atoms with Crippen molar-refractivity contribution >= 4 is 5.71 Å². The molecule has 0 saturated heterocycles. The van der Waals surface area contributed by atoms with E-state index in [2.05, 4.69) is 35.7 Å². The van der Waals surface area contributed by atoms with E-state index in [9.17, 15) is 0 Å². The van der Waals surface area contributed by atoms with Gasteiger partial charge >= 0.3 is 0 Å². The summed E-state index contributed by atoms with van der Waals surface area (Å²) in [7, 11) is 1.67. The number of rotatable bonds is 2. The molecule has 1 aliphatic heterocycles. The van der Waals surface area contributed by atoms with Crippen LogP contribution in [0.15, 0.2) is 47.6 Å². The fourth-order valence-electron chi connectivity index (χ4n) is 2.30. The monoisotopic (exact) mass is 252 g/mol. The first-order valence-electron chi connectivity index (χ1n) is 6.33. The van der Waals surface area contributed by atoms with Gasteiger partial charge in [-0.2, -0.15) is 5.10 Å². The van der Waals surface area contributed by atoms with Crippen molar-refractivity contribution in [1.29, 1.82) is 0 Å². The third-order valence-electron chi connectivity index (χ3n) is 3.34. The smallest absolute Gasteiger partial charge is 0.118 e. The summed E-state index contributed by atoms with van der Waals surface area (Å²) in [6.45, 7) is 2.89. The predicted octanol–water partition coefficient (Wildman–Crippen LogP) is 2.86. The number of benzene rings is 2. The molecule has 2 aromatic rings. The molecule has 0 radical (unpaired) electrons. The number of hydrogen-bond donors (Lipinski definition) is 1. The Kier molecular flexibility index (Phi) is 2.95. The summed E-state index contributed by atoms with van der Waals surface area (Å²) < 4.78 is 5.19. The van der Waals surface area contributed by atoms with Gasteiger partial charge in [0.2, 0.25) is 0 Å². The molecule has 0 unspecified atom stereocenters. The molecule has 0 bridgehead atoms. The maximum atomic E-state index is 5.19. The summed E-state index contributed by atoms with van der Waals surface area (Å²) in [4.78, 5) is 0. The fourth-order valence-corrected chi connectivity index (χ4v) is 2.30. The highest BCUT2D eigenvalue weighted by Crippen LogP contribution is 2.21. The van der Waals surface area contributed by atoms with Crippen LogP contribution in [0.2, 0.25) is 0 Å². The molecule has 1 N–H and O–H groups in total. The highest BCUT2D eigenvalue weighted by molar-refractivity contribution is 6.14. The molecule has 19 heavy (non-hydrogen) atoms. The maximum absolute atomic E-state index is 5.19. The molecule has 0 fully saturated rings. The fraction of sp³-hybridized carbons (Fsp3) is 0.188. The van der Waals surface area contributed by atoms with E-state index in [1.165, 1.54) is 16.7 Å². The van der Waals surface area contributed by atoms with Gasteiger partial charge in [0, 0.05) is 11.1 Å². The van der Waals surface area contributed by atoms with Crippen LogP contribution < -0.4 is 10.2 Å². The number of aryl methyl sites for hydroxylation is 1. The predicted molar refractivity (Wildman–Crippen MR) is 76.7 cm³/mol. The minimum atomic E-state index is 0.787. The number of hydrazone groups is 1. The average molecular weight is 252 g/mol. The Hall–Kier alpha value is -2.29. The van der Waals surface area contributed by atoms with Crippen LogP contribution in [-0.4, -0.2) is 12.8 Å². The third kappa shape index (κ3) is 2.19. The van der Waals surface area contributed by atoms with Crippen molar-refractivity contribution in [2.45, 2.75) is 13.5 Å². The Morgan fingerprint density at radius 3 is 2.63 bits per heavy atom. The molecule has 2 aromatic carbocycles. The minimum absolute atomic E-state index is 0.787. The molecule has 0 spiro atoms. The summed E-state index contributed by atoms with van der Waals surface area (Å²) >= 11 is 0. The molecule has 3 rings (SSSR count). The first-order valence-corrected chi connectivity index (χ1v) is 6.33. The second kappa shape index (κ2) is 4.76. The van der Waals surface area contributed by atoms with E-state index in [4.69, 9.17) is 4.74 Å². The molecular formula is C16H16N2O. The molecular weight excluding hydrogens is 236 g/mol. The van der Waals surface area contributed by atoms with Gasteiger partial charge in [0.25, 0.3) is 0 Å². The summed E-state index contributed by atoms with van der Waals surface area (Å²) in [5.74, 6) is 0.859. The molecule has 1 heterocycles. The Labute approximate surface area is 112 Å². The maximum Gasteiger partial charge on any atom is 0.118 e. The zero-order valence-electron chi connectivity index (χ0n) is 11.1. The summed E-state index contributed by atoms with van der Waals surface area (Å²) in [6, 6.07) is 14.5. The molecule has 0 saturated carbocycles. The van der Waals surface area contributed by atoms with Crippen molar-refractivity contribution in [3.8, 4) is 5.75 Å². The number of nitrogens with zero attached hydrogens (tertiary/aromatic N) is 1. The van der Waals surface area contributed by atoms with Crippen LogP contribution in [0.4, 0.5) is 0 Å². The van der Waals surface area contributed by atoms with Crippen molar-refractivity contribution in [1.82, 2.24) is 5.43 Å². The molecule has 0 aliphatic carbocycles. The minimum Gasteiger partial charge on any atom is -0.497 e. The lowest BCUT2D eigenvalue weighted by atomic mass is 9.95. The molecule has 96 valence electrons. The lowest BCUT2D eigenvalue weighted by molar-refractivity contribution is 0.415. The summed E-state index contributed by atoms with van der Waals surface area (Å²) in [5, 5.41) is 4.46. The molecule has 0 aromatic heterocycles. The van der Waals surface area contributed by atoms with E-state index in [1.54, 1.807) is 7.11 Å². The van der Waals surface area contributed by atoms with Crippen LogP contribution in [0.5, 0.6) is 5.75 Å². The van der Waals surface area contributed by atoms with Gasteiger partial charge in [0.05, 0.1) is 19.4 Å². The normalized spacial score (nSPS) is 13.3. The quantitative estimate of drug-likeness (QED) is 0.891. The van der Waals surface area contributed by atoms with Gasteiger partial charge in [0.1, 0.15) is 5.75 Å². The number of ether oxygens (including phenoxy) is 1. The van der Waals surface area contributed by atoms with Crippen LogP contribution in [-0.2, 0) is 6.54 Å². The van der Waals surface area contributed by atoms with Crippen LogP contribution in [0, 0.1) is 6.92 Å². The Morgan fingerprint density at radius 2 is 1.89 bits per heavy atom. The number of methoxy groups -OCH3 is 1. The van der Waals surface area contributed by atoms with Crippen LogP contribution in [0.25, 0.3) is 0 Å². The number of hydrogen-bond acceptors (Lipinski definition) is 3. The van der Waals surface area contributed by atoms with Crippen molar-refractivity contribution < 1.29 is 4.74 Å². The van der Waals surface area contributed by atoms with E-state index >= 15 is 0 Å². The summed E-state index contributed by atoms with van der Waals surface area (Å²) in [6.07, 6.45) is 0.